The highest BCUT2D eigenvalue weighted by Crippen LogP contribution is 2.26. The van der Waals surface area contributed by atoms with Gasteiger partial charge in [0.15, 0.2) is 6.61 Å². The van der Waals surface area contributed by atoms with Crippen LogP contribution in [0.5, 0.6) is 5.75 Å². The number of hydrogen-bond acceptors (Lipinski definition) is 3. The largest absolute Gasteiger partial charge is 0.484 e. The molecule has 2 amide bonds. The van der Waals surface area contributed by atoms with Crippen LogP contribution in [0.15, 0.2) is 36.4 Å². The Morgan fingerprint density at radius 3 is 2.19 bits per heavy atom. The number of nitrogens with zero attached hydrogens (tertiary/aromatic N) is 1. The maximum absolute atomic E-state index is 13.1. The predicted octanol–water partition coefficient (Wildman–Crippen LogP) is 5.32. The summed E-state index contributed by atoms with van der Waals surface area (Å²) in [6.07, 6.45) is 0.808. The summed E-state index contributed by atoms with van der Waals surface area (Å²) in [7, 11) is 0. The van der Waals surface area contributed by atoms with E-state index in [2.05, 4.69) is 5.32 Å². The Kier molecular flexibility index (Phi) is 9.20. The molecule has 1 N–H and O–H groups in total. The van der Waals surface area contributed by atoms with Crippen LogP contribution in [0, 0.1) is 13.8 Å². The van der Waals surface area contributed by atoms with Crippen LogP contribution in [0.4, 0.5) is 0 Å². The first-order chi connectivity index (χ1) is 14.6. The van der Waals surface area contributed by atoms with Crippen molar-refractivity contribution in [1.82, 2.24) is 10.2 Å². The molecule has 0 heterocycles. The van der Waals surface area contributed by atoms with E-state index in [1.807, 2.05) is 39.8 Å². The monoisotopic (exact) mass is 464 g/mol. The molecule has 0 aliphatic carbocycles. The molecule has 2 atom stereocenters. The average Bonchev–Trinajstić information content (AvgIpc) is 2.74. The van der Waals surface area contributed by atoms with E-state index in [1.165, 1.54) is 4.90 Å². The van der Waals surface area contributed by atoms with Crippen LogP contribution in [0.3, 0.4) is 0 Å². The van der Waals surface area contributed by atoms with Crippen molar-refractivity contribution in [3.05, 3.63) is 63.1 Å². The highest BCUT2D eigenvalue weighted by molar-refractivity contribution is 6.32. The summed E-state index contributed by atoms with van der Waals surface area (Å²) in [4.78, 5) is 27.3. The molecule has 2 aromatic rings. The minimum Gasteiger partial charge on any atom is -0.484 e. The smallest absolute Gasteiger partial charge is 0.261 e. The van der Waals surface area contributed by atoms with E-state index in [-0.39, 0.29) is 31.0 Å². The topological polar surface area (TPSA) is 58.6 Å². The normalized spacial score (nSPS) is 12.7. The Balaban J connectivity index is 2.18. The zero-order valence-corrected chi connectivity index (χ0v) is 20.2. The highest BCUT2D eigenvalue weighted by atomic mass is 35.5. The second kappa shape index (κ2) is 11.4. The summed E-state index contributed by atoms with van der Waals surface area (Å²) < 4.78 is 5.75. The van der Waals surface area contributed by atoms with E-state index in [0.717, 1.165) is 23.1 Å². The Labute approximate surface area is 194 Å². The number of rotatable bonds is 9. The van der Waals surface area contributed by atoms with Gasteiger partial charge in [-0.05, 0) is 75.1 Å². The summed E-state index contributed by atoms with van der Waals surface area (Å²) in [6.45, 7) is 9.51. The Bertz CT molecular complexity index is 893. The molecule has 7 heteroatoms. The lowest BCUT2D eigenvalue weighted by molar-refractivity contribution is -0.142. The lowest BCUT2D eigenvalue weighted by atomic mass is 10.1. The van der Waals surface area contributed by atoms with Crippen molar-refractivity contribution >= 4 is 35.0 Å². The molecule has 0 saturated carbocycles. The molecule has 0 aliphatic heterocycles. The van der Waals surface area contributed by atoms with Gasteiger partial charge < -0.3 is 15.0 Å². The van der Waals surface area contributed by atoms with Crippen molar-refractivity contribution in [2.75, 3.05) is 6.61 Å². The average molecular weight is 465 g/mol. The van der Waals surface area contributed by atoms with Crippen molar-refractivity contribution in [2.24, 2.45) is 0 Å². The van der Waals surface area contributed by atoms with E-state index in [9.17, 15) is 9.59 Å². The molecule has 0 bridgehead atoms. The first kappa shape index (κ1) is 25.0. The van der Waals surface area contributed by atoms with Gasteiger partial charge in [-0.1, -0.05) is 42.3 Å². The number of carbonyl (C=O) groups excluding carboxylic acids is 2. The predicted molar refractivity (Wildman–Crippen MR) is 126 cm³/mol. The zero-order chi connectivity index (χ0) is 23.1. The highest BCUT2D eigenvalue weighted by Gasteiger charge is 2.27. The van der Waals surface area contributed by atoms with Gasteiger partial charge in [-0.3, -0.25) is 9.59 Å². The molecule has 2 aromatic carbocycles. The number of benzene rings is 2. The third kappa shape index (κ3) is 7.15. The molecule has 0 aliphatic rings. The van der Waals surface area contributed by atoms with Crippen molar-refractivity contribution in [3.8, 4) is 5.75 Å². The first-order valence-electron chi connectivity index (χ1n) is 10.4. The Morgan fingerprint density at radius 2 is 1.65 bits per heavy atom. The fourth-order valence-electron chi connectivity index (χ4n) is 3.05. The number of aryl methyl sites for hydroxylation is 2. The maximum Gasteiger partial charge on any atom is 0.261 e. The summed E-state index contributed by atoms with van der Waals surface area (Å²) in [6, 6.07) is 10.2. The standard InChI is InChI=1S/C24H30Cl2N2O3/c1-6-17(4)27-24(30)18(5)28(13-19-7-9-20(25)10-8-19)22(29)14-31-21-11-15(2)23(26)16(3)12-21/h7-12,17-18H,6,13-14H2,1-5H3,(H,27,30)/t17-,18+/m1/s1. The minimum absolute atomic E-state index is 0.0266. The molecule has 0 spiro atoms. The first-order valence-corrected chi connectivity index (χ1v) is 11.1. The summed E-state index contributed by atoms with van der Waals surface area (Å²) >= 11 is 12.2. The number of halogens is 2. The SMILES string of the molecule is CC[C@@H](C)NC(=O)[C@H](C)N(Cc1ccc(Cl)cc1)C(=O)COc1cc(C)c(Cl)c(C)c1. The molecule has 0 unspecified atom stereocenters. The van der Waals surface area contributed by atoms with Crippen LogP contribution in [0.25, 0.3) is 0 Å². The maximum atomic E-state index is 13.1. The van der Waals surface area contributed by atoms with Gasteiger partial charge in [0, 0.05) is 22.6 Å². The number of nitrogens with one attached hydrogen (secondary N) is 1. The summed E-state index contributed by atoms with van der Waals surface area (Å²) in [5.74, 6) is 0.0813. The molecule has 0 saturated heterocycles. The molecule has 5 nitrogen and oxygen atoms in total. The van der Waals surface area contributed by atoms with E-state index >= 15 is 0 Å². The fourth-order valence-corrected chi connectivity index (χ4v) is 3.29. The fraction of sp³-hybridized carbons (Fsp3) is 0.417. The van der Waals surface area contributed by atoms with Crippen molar-refractivity contribution in [3.63, 3.8) is 0 Å². The zero-order valence-electron chi connectivity index (χ0n) is 18.7. The molecule has 0 aromatic heterocycles. The Hall–Kier alpha value is -2.24. The number of carbonyl (C=O) groups is 2. The molecule has 2 rings (SSSR count). The van der Waals surface area contributed by atoms with E-state index < -0.39 is 6.04 Å². The lowest BCUT2D eigenvalue weighted by Gasteiger charge is -2.29. The molecule has 0 radical (unpaired) electrons. The number of ether oxygens (including phenoxy) is 1. The van der Waals surface area contributed by atoms with Gasteiger partial charge in [-0.2, -0.15) is 0 Å². The van der Waals surface area contributed by atoms with Crippen LogP contribution >= 0.6 is 23.2 Å². The third-order valence-corrected chi connectivity index (χ3v) is 6.05. The number of amides is 2. The van der Waals surface area contributed by atoms with Gasteiger partial charge >= 0.3 is 0 Å². The van der Waals surface area contributed by atoms with Crippen LogP contribution in [0.2, 0.25) is 10.0 Å². The van der Waals surface area contributed by atoms with Gasteiger partial charge in [-0.25, -0.2) is 0 Å². The summed E-state index contributed by atoms with van der Waals surface area (Å²) in [5.41, 5.74) is 2.63. The van der Waals surface area contributed by atoms with Crippen LogP contribution < -0.4 is 10.1 Å². The lowest BCUT2D eigenvalue weighted by Crippen LogP contribution is -2.50. The third-order valence-electron chi connectivity index (χ3n) is 5.21. The van der Waals surface area contributed by atoms with E-state index in [4.69, 9.17) is 27.9 Å². The van der Waals surface area contributed by atoms with E-state index in [0.29, 0.717) is 15.8 Å². The summed E-state index contributed by atoms with van der Waals surface area (Å²) in [5, 5.41) is 4.24. The molecule has 168 valence electrons. The second-order valence-electron chi connectivity index (χ2n) is 7.80. The van der Waals surface area contributed by atoms with Crippen molar-refractivity contribution < 1.29 is 14.3 Å². The van der Waals surface area contributed by atoms with Crippen LogP contribution in [0.1, 0.15) is 43.9 Å². The molecular weight excluding hydrogens is 435 g/mol. The van der Waals surface area contributed by atoms with Gasteiger partial charge in [0.2, 0.25) is 5.91 Å². The molecule has 0 fully saturated rings. The van der Waals surface area contributed by atoms with Gasteiger partial charge in [0.05, 0.1) is 0 Å². The van der Waals surface area contributed by atoms with Gasteiger partial charge in [0.1, 0.15) is 11.8 Å². The molecule has 31 heavy (non-hydrogen) atoms. The van der Waals surface area contributed by atoms with Crippen molar-refractivity contribution in [2.45, 2.75) is 59.7 Å². The van der Waals surface area contributed by atoms with Gasteiger partial charge in [-0.15, -0.1) is 0 Å². The van der Waals surface area contributed by atoms with Crippen LogP contribution in [-0.2, 0) is 16.1 Å². The second-order valence-corrected chi connectivity index (χ2v) is 8.62. The van der Waals surface area contributed by atoms with Crippen LogP contribution in [-0.4, -0.2) is 35.4 Å². The van der Waals surface area contributed by atoms with Gasteiger partial charge in [0.25, 0.3) is 5.91 Å². The quantitative estimate of drug-likeness (QED) is 0.545. The minimum atomic E-state index is -0.658. The number of hydrogen-bond donors (Lipinski definition) is 1. The van der Waals surface area contributed by atoms with Crippen molar-refractivity contribution in [1.29, 1.82) is 0 Å². The van der Waals surface area contributed by atoms with E-state index in [1.54, 1.807) is 31.2 Å². The Morgan fingerprint density at radius 1 is 1.06 bits per heavy atom. The molecular formula is C24H30Cl2N2O3.